The number of rotatable bonds is 3. The lowest BCUT2D eigenvalue weighted by atomic mass is 9.94. The zero-order chi connectivity index (χ0) is 13.1. The highest BCUT2D eigenvalue weighted by Crippen LogP contribution is 2.23. The third-order valence-electron chi connectivity index (χ3n) is 3.81. The van der Waals surface area contributed by atoms with Crippen molar-refractivity contribution >= 4 is 11.9 Å². The lowest BCUT2D eigenvalue weighted by Crippen LogP contribution is -2.42. The molecular formula is C12H20N2O4. The van der Waals surface area contributed by atoms with E-state index in [2.05, 4.69) is 5.32 Å². The van der Waals surface area contributed by atoms with Crippen LogP contribution in [0.25, 0.3) is 0 Å². The first-order chi connectivity index (χ1) is 8.58. The van der Waals surface area contributed by atoms with Crippen molar-refractivity contribution in [1.29, 1.82) is 0 Å². The van der Waals surface area contributed by atoms with Crippen LogP contribution >= 0.6 is 0 Å². The van der Waals surface area contributed by atoms with E-state index in [9.17, 15) is 14.7 Å². The molecule has 0 saturated carbocycles. The summed E-state index contributed by atoms with van der Waals surface area (Å²) in [5, 5.41) is 21.8. The number of likely N-dealkylation sites (tertiary alicyclic amines) is 1. The zero-order valence-corrected chi connectivity index (χ0v) is 10.3. The number of carboxylic acid groups (broad SMARTS) is 1. The number of aliphatic hydroxyl groups is 1. The van der Waals surface area contributed by atoms with Gasteiger partial charge in [-0.05, 0) is 31.8 Å². The summed E-state index contributed by atoms with van der Waals surface area (Å²) in [5.41, 5.74) is 0. The molecular weight excluding hydrogens is 236 g/mol. The van der Waals surface area contributed by atoms with E-state index in [0.717, 1.165) is 25.9 Å². The minimum atomic E-state index is -1.02. The highest BCUT2D eigenvalue weighted by Gasteiger charge is 2.39. The summed E-state index contributed by atoms with van der Waals surface area (Å²) in [6.45, 7) is 1.99. The lowest BCUT2D eigenvalue weighted by molar-refractivity contribution is -0.148. The predicted molar refractivity (Wildman–Crippen MR) is 64.0 cm³/mol. The second-order valence-electron chi connectivity index (χ2n) is 5.19. The predicted octanol–water partition coefficient (Wildman–Crippen LogP) is -0.577. The van der Waals surface area contributed by atoms with Crippen molar-refractivity contribution in [3.63, 3.8) is 0 Å². The van der Waals surface area contributed by atoms with E-state index in [0.29, 0.717) is 12.3 Å². The van der Waals surface area contributed by atoms with Crippen molar-refractivity contribution in [2.45, 2.75) is 37.8 Å². The number of β-amino-alcohol motifs (C(OH)–C–C–N with tert-alkyl or cyclic N) is 1. The molecule has 0 aromatic heterocycles. The summed E-state index contributed by atoms with van der Waals surface area (Å²) in [4.78, 5) is 24.5. The second-order valence-corrected chi connectivity index (χ2v) is 5.19. The van der Waals surface area contributed by atoms with Gasteiger partial charge in [-0.25, -0.2) is 4.79 Å². The van der Waals surface area contributed by atoms with Crippen LogP contribution in [0, 0.1) is 5.92 Å². The Morgan fingerprint density at radius 3 is 2.56 bits per heavy atom. The Bertz CT molecular complexity index is 328. The number of carboxylic acids is 1. The van der Waals surface area contributed by atoms with E-state index < -0.39 is 18.1 Å². The number of nitrogens with one attached hydrogen (secondary N) is 1. The molecule has 18 heavy (non-hydrogen) atoms. The summed E-state index contributed by atoms with van der Waals surface area (Å²) in [7, 11) is 0. The molecule has 3 N–H and O–H groups in total. The van der Waals surface area contributed by atoms with Crippen LogP contribution in [0.5, 0.6) is 0 Å². The highest BCUT2D eigenvalue weighted by molar-refractivity contribution is 5.84. The van der Waals surface area contributed by atoms with Crippen LogP contribution < -0.4 is 5.32 Å². The molecule has 1 unspecified atom stereocenters. The van der Waals surface area contributed by atoms with Crippen molar-refractivity contribution in [2.75, 3.05) is 19.6 Å². The number of hydrogen-bond acceptors (Lipinski definition) is 4. The summed E-state index contributed by atoms with van der Waals surface area (Å²) < 4.78 is 0. The number of hydrogen-bond donors (Lipinski definition) is 3. The molecule has 102 valence electrons. The maximum absolute atomic E-state index is 12.1. The molecule has 2 saturated heterocycles. The van der Waals surface area contributed by atoms with Gasteiger partial charge in [-0.15, -0.1) is 0 Å². The van der Waals surface area contributed by atoms with Gasteiger partial charge in [-0.2, -0.15) is 0 Å². The van der Waals surface area contributed by atoms with E-state index >= 15 is 0 Å². The molecule has 0 aromatic carbocycles. The van der Waals surface area contributed by atoms with Crippen molar-refractivity contribution in [2.24, 2.45) is 5.92 Å². The van der Waals surface area contributed by atoms with Crippen LogP contribution in [0.1, 0.15) is 25.7 Å². The topological polar surface area (TPSA) is 89.9 Å². The van der Waals surface area contributed by atoms with Crippen LogP contribution in [0.15, 0.2) is 0 Å². The molecule has 2 aliphatic rings. The average Bonchev–Trinajstić information content (AvgIpc) is 2.73. The van der Waals surface area contributed by atoms with E-state index in [-0.39, 0.29) is 18.9 Å². The van der Waals surface area contributed by atoms with Gasteiger partial charge in [0.2, 0.25) is 5.91 Å². The molecule has 0 spiro atoms. The standard InChI is InChI=1S/C12H20N2O4/c15-9-6-10(12(17)18)14(7-9)11(16)5-8-1-3-13-4-2-8/h8-10,13,15H,1-7H2,(H,17,18)/t9?,10-/m0/s1. The number of aliphatic carboxylic acids is 1. The second kappa shape index (κ2) is 5.67. The molecule has 1 amide bonds. The van der Waals surface area contributed by atoms with Crippen molar-refractivity contribution in [1.82, 2.24) is 10.2 Å². The van der Waals surface area contributed by atoms with Crippen LogP contribution in [0.4, 0.5) is 0 Å². The van der Waals surface area contributed by atoms with E-state index in [1.54, 1.807) is 0 Å². The van der Waals surface area contributed by atoms with Crippen LogP contribution in [0.3, 0.4) is 0 Å². The van der Waals surface area contributed by atoms with E-state index in [1.165, 1.54) is 4.90 Å². The van der Waals surface area contributed by atoms with Crippen molar-refractivity contribution in [3.8, 4) is 0 Å². The Kier molecular flexibility index (Phi) is 4.19. The molecule has 6 heteroatoms. The Morgan fingerprint density at radius 1 is 1.28 bits per heavy atom. The quantitative estimate of drug-likeness (QED) is 0.629. The average molecular weight is 256 g/mol. The SMILES string of the molecule is O=C(O)[C@@H]1CC(O)CN1C(=O)CC1CCNCC1. The van der Waals surface area contributed by atoms with Crippen LogP contribution in [-0.2, 0) is 9.59 Å². The number of amides is 1. The summed E-state index contributed by atoms with van der Waals surface area (Å²) in [6, 6.07) is -0.853. The first kappa shape index (κ1) is 13.3. The van der Waals surface area contributed by atoms with Gasteiger partial charge in [0.25, 0.3) is 0 Å². The number of nitrogens with zero attached hydrogens (tertiary/aromatic N) is 1. The number of carbonyl (C=O) groups excluding carboxylic acids is 1. The fourth-order valence-corrected chi connectivity index (χ4v) is 2.77. The molecule has 2 rings (SSSR count). The fraction of sp³-hybridized carbons (Fsp3) is 0.833. The van der Waals surface area contributed by atoms with Crippen LogP contribution in [-0.4, -0.2) is 58.8 Å². The third kappa shape index (κ3) is 3.00. The number of carbonyl (C=O) groups is 2. The molecule has 2 heterocycles. The molecule has 0 aromatic rings. The van der Waals surface area contributed by atoms with Gasteiger partial charge in [-0.3, -0.25) is 4.79 Å². The number of piperidine rings is 1. The van der Waals surface area contributed by atoms with E-state index in [1.807, 2.05) is 0 Å². The maximum atomic E-state index is 12.1. The summed E-state index contributed by atoms with van der Waals surface area (Å²) in [5.74, 6) is -0.818. The van der Waals surface area contributed by atoms with Crippen molar-refractivity contribution < 1.29 is 19.8 Å². The molecule has 0 bridgehead atoms. The smallest absolute Gasteiger partial charge is 0.326 e. The van der Waals surface area contributed by atoms with Gasteiger partial charge >= 0.3 is 5.97 Å². The van der Waals surface area contributed by atoms with Gasteiger partial charge in [-0.1, -0.05) is 0 Å². The highest BCUT2D eigenvalue weighted by atomic mass is 16.4. The Hall–Kier alpha value is -1.14. The Balaban J connectivity index is 1.92. The van der Waals surface area contributed by atoms with Gasteiger partial charge in [0, 0.05) is 19.4 Å². The van der Waals surface area contributed by atoms with Gasteiger partial charge in [0.15, 0.2) is 0 Å². The normalized spacial score (nSPS) is 29.5. The first-order valence-electron chi connectivity index (χ1n) is 6.49. The molecule has 6 nitrogen and oxygen atoms in total. The van der Waals surface area contributed by atoms with Gasteiger partial charge < -0.3 is 20.4 Å². The Labute approximate surface area is 106 Å². The van der Waals surface area contributed by atoms with E-state index in [4.69, 9.17) is 5.11 Å². The lowest BCUT2D eigenvalue weighted by Gasteiger charge is -2.26. The third-order valence-corrected chi connectivity index (χ3v) is 3.81. The minimum Gasteiger partial charge on any atom is -0.480 e. The summed E-state index contributed by atoms with van der Waals surface area (Å²) >= 11 is 0. The molecule has 2 aliphatic heterocycles. The van der Waals surface area contributed by atoms with Gasteiger partial charge in [0.1, 0.15) is 6.04 Å². The largest absolute Gasteiger partial charge is 0.480 e. The van der Waals surface area contributed by atoms with Crippen molar-refractivity contribution in [3.05, 3.63) is 0 Å². The zero-order valence-electron chi connectivity index (χ0n) is 10.3. The Morgan fingerprint density at radius 2 is 1.94 bits per heavy atom. The van der Waals surface area contributed by atoms with Gasteiger partial charge in [0.05, 0.1) is 6.10 Å². The first-order valence-corrected chi connectivity index (χ1v) is 6.49. The minimum absolute atomic E-state index is 0.133. The molecule has 2 fully saturated rings. The fourth-order valence-electron chi connectivity index (χ4n) is 2.77. The number of aliphatic hydroxyl groups excluding tert-OH is 1. The maximum Gasteiger partial charge on any atom is 0.326 e. The summed E-state index contributed by atoms with van der Waals surface area (Å²) in [6.07, 6.45) is 1.76. The molecule has 2 atom stereocenters. The monoisotopic (exact) mass is 256 g/mol. The molecule has 0 radical (unpaired) electrons. The molecule has 0 aliphatic carbocycles. The van der Waals surface area contributed by atoms with Crippen LogP contribution in [0.2, 0.25) is 0 Å².